The Morgan fingerprint density at radius 3 is 2.18 bits per heavy atom. The van der Waals surface area contributed by atoms with E-state index in [2.05, 4.69) is 0 Å². The molecule has 4 nitrogen and oxygen atoms in total. The Morgan fingerprint density at radius 2 is 1.62 bits per heavy atom. The Bertz CT molecular complexity index is 1050. The van der Waals surface area contributed by atoms with Crippen LogP contribution in [0.5, 0.6) is 0 Å². The molecule has 2 unspecified atom stereocenters. The summed E-state index contributed by atoms with van der Waals surface area (Å²) in [7, 11) is 0. The monoisotopic (exact) mass is 487 g/mol. The summed E-state index contributed by atoms with van der Waals surface area (Å²) in [5.74, 6) is -0.849. The van der Waals surface area contributed by atoms with Crippen LogP contribution < -0.4 is 0 Å². The van der Waals surface area contributed by atoms with Gasteiger partial charge in [0.1, 0.15) is 6.10 Å². The van der Waals surface area contributed by atoms with Gasteiger partial charge in [-0.05, 0) is 48.7 Å². The third kappa shape index (κ3) is 4.53. The molecule has 0 spiro atoms. The van der Waals surface area contributed by atoms with Crippen molar-refractivity contribution in [2.75, 3.05) is 6.54 Å². The van der Waals surface area contributed by atoms with Gasteiger partial charge in [-0.25, -0.2) is 0 Å². The molecule has 0 saturated carbocycles. The summed E-state index contributed by atoms with van der Waals surface area (Å²) in [4.78, 5) is 13.9. The van der Waals surface area contributed by atoms with E-state index in [9.17, 15) is 36.2 Å². The van der Waals surface area contributed by atoms with Crippen molar-refractivity contribution in [3.8, 4) is 0 Å². The highest BCUT2D eigenvalue weighted by Crippen LogP contribution is 2.45. The van der Waals surface area contributed by atoms with Crippen LogP contribution in [0.3, 0.4) is 0 Å². The lowest BCUT2D eigenvalue weighted by Crippen LogP contribution is -2.32. The van der Waals surface area contributed by atoms with Crippen molar-refractivity contribution in [1.29, 1.82) is 0 Å². The Morgan fingerprint density at radius 1 is 1.03 bits per heavy atom. The number of alkyl halides is 6. The molecular formula is C24H23F6NO3. The normalized spacial score (nSPS) is 26.1. The van der Waals surface area contributed by atoms with E-state index in [1.54, 1.807) is 6.07 Å². The largest absolute Gasteiger partial charge is 0.416 e. The summed E-state index contributed by atoms with van der Waals surface area (Å²) < 4.78 is 85.8. The van der Waals surface area contributed by atoms with E-state index in [-0.39, 0.29) is 30.6 Å². The van der Waals surface area contributed by atoms with E-state index < -0.39 is 53.6 Å². The third-order valence-electron chi connectivity index (χ3n) is 6.63. The fourth-order valence-electron chi connectivity index (χ4n) is 4.98. The van der Waals surface area contributed by atoms with Gasteiger partial charge in [0.05, 0.1) is 23.3 Å². The van der Waals surface area contributed by atoms with Gasteiger partial charge >= 0.3 is 12.4 Å². The van der Waals surface area contributed by atoms with Crippen LogP contribution in [-0.2, 0) is 21.9 Å². The van der Waals surface area contributed by atoms with Crippen molar-refractivity contribution in [1.82, 2.24) is 4.90 Å². The molecule has 5 atom stereocenters. The smallest absolute Gasteiger partial charge is 0.383 e. The number of fused-ring (bicyclic) bond motifs is 1. The molecule has 2 aliphatic heterocycles. The molecule has 34 heavy (non-hydrogen) atoms. The molecule has 0 bridgehead atoms. The molecule has 0 aliphatic carbocycles. The number of ether oxygens (including phenoxy) is 1. The number of aliphatic hydroxyl groups is 1. The number of aliphatic hydroxyl groups excluding tert-OH is 1. The van der Waals surface area contributed by atoms with E-state index in [4.69, 9.17) is 4.74 Å². The van der Waals surface area contributed by atoms with Gasteiger partial charge in [-0.3, -0.25) is 4.79 Å². The highest BCUT2D eigenvalue weighted by Gasteiger charge is 2.52. The number of halogens is 6. The topological polar surface area (TPSA) is 49.8 Å². The van der Waals surface area contributed by atoms with E-state index >= 15 is 0 Å². The van der Waals surface area contributed by atoms with Gasteiger partial charge in [0.15, 0.2) is 0 Å². The second-order valence-electron chi connectivity index (χ2n) is 8.85. The lowest BCUT2D eigenvalue weighted by atomic mass is 9.85. The number of hydrogen-bond donors (Lipinski definition) is 1. The van der Waals surface area contributed by atoms with Crippen LogP contribution in [0.2, 0.25) is 0 Å². The standard InChI is InChI=1S/C24H23F6NO3/c1-12-5-3-4-6-17(12)21-18-10-19(32)22(33)31(18)11-20(21)34-13(2)14-7-15(23(25,26)27)9-16(8-14)24(28,29)30/h3-9,13,18-21,32H,10-11H2,1-2H3/t13-,18?,19?,20+,21+/m1/s1. The molecule has 4 rings (SSSR count). The first-order chi connectivity index (χ1) is 15.8. The number of carbonyl (C=O) groups is 1. The van der Waals surface area contributed by atoms with E-state index in [0.29, 0.717) is 12.1 Å². The first-order valence-electron chi connectivity index (χ1n) is 10.8. The highest BCUT2D eigenvalue weighted by atomic mass is 19.4. The molecule has 2 aromatic carbocycles. The minimum Gasteiger partial charge on any atom is -0.383 e. The average Bonchev–Trinajstić information content (AvgIpc) is 3.22. The molecule has 10 heteroatoms. The quantitative estimate of drug-likeness (QED) is 0.601. The molecule has 1 N–H and O–H groups in total. The number of hydrogen-bond acceptors (Lipinski definition) is 3. The van der Waals surface area contributed by atoms with E-state index in [0.717, 1.165) is 11.1 Å². The van der Waals surface area contributed by atoms with Gasteiger partial charge in [0.2, 0.25) is 0 Å². The van der Waals surface area contributed by atoms with Crippen molar-refractivity contribution in [3.63, 3.8) is 0 Å². The van der Waals surface area contributed by atoms with E-state index in [1.165, 1.54) is 11.8 Å². The molecule has 184 valence electrons. The maximum atomic E-state index is 13.3. The fourth-order valence-corrected chi connectivity index (χ4v) is 4.98. The second-order valence-corrected chi connectivity index (χ2v) is 8.85. The maximum absolute atomic E-state index is 13.3. The van der Waals surface area contributed by atoms with Crippen molar-refractivity contribution >= 4 is 5.91 Å². The van der Waals surface area contributed by atoms with Crippen LogP contribution in [0.4, 0.5) is 26.3 Å². The first kappa shape index (κ1) is 24.5. The van der Waals surface area contributed by atoms with Gasteiger partial charge < -0.3 is 14.7 Å². The van der Waals surface area contributed by atoms with Crippen LogP contribution >= 0.6 is 0 Å². The zero-order valence-corrected chi connectivity index (χ0v) is 18.3. The molecule has 2 saturated heterocycles. The average molecular weight is 487 g/mol. The first-order valence-corrected chi connectivity index (χ1v) is 10.8. The number of amides is 1. The number of aryl methyl sites for hydroxylation is 1. The van der Waals surface area contributed by atoms with Crippen molar-refractivity contribution in [3.05, 3.63) is 70.3 Å². The van der Waals surface area contributed by atoms with Crippen LogP contribution in [0.15, 0.2) is 42.5 Å². The Balaban J connectivity index is 1.69. The Hall–Kier alpha value is -2.59. The fraction of sp³-hybridized carbons (Fsp3) is 0.458. The summed E-state index contributed by atoms with van der Waals surface area (Å²) in [6.45, 7) is 3.34. The van der Waals surface area contributed by atoms with E-state index in [1.807, 2.05) is 25.1 Å². The van der Waals surface area contributed by atoms with Gasteiger partial charge in [-0.2, -0.15) is 26.3 Å². The van der Waals surface area contributed by atoms with Crippen LogP contribution in [-0.4, -0.2) is 40.7 Å². The van der Waals surface area contributed by atoms with Crippen LogP contribution in [0, 0.1) is 6.92 Å². The number of nitrogens with zero attached hydrogens (tertiary/aromatic N) is 1. The lowest BCUT2D eigenvalue weighted by molar-refractivity contribution is -0.143. The van der Waals surface area contributed by atoms with Crippen molar-refractivity contribution < 1.29 is 41.0 Å². The van der Waals surface area contributed by atoms with Crippen molar-refractivity contribution in [2.45, 2.75) is 62.9 Å². The molecule has 0 radical (unpaired) electrons. The summed E-state index contributed by atoms with van der Waals surface area (Å²) in [5, 5.41) is 10.1. The van der Waals surface area contributed by atoms with Gasteiger partial charge in [-0.15, -0.1) is 0 Å². The van der Waals surface area contributed by atoms with Gasteiger partial charge in [0, 0.05) is 24.9 Å². The number of carbonyl (C=O) groups excluding carboxylic acids is 1. The zero-order valence-electron chi connectivity index (χ0n) is 18.3. The molecule has 2 heterocycles. The summed E-state index contributed by atoms with van der Waals surface area (Å²) in [6.07, 6.45) is -12.7. The molecule has 2 aliphatic rings. The lowest BCUT2D eigenvalue weighted by Gasteiger charge is -2.28. The Labute approximate surface area is 192 Å². The zero-order chi connectivity index (χ0) is 25.0. The highest BCUT2D eigenvalue weighted by molar-refractivity contribution is 5.84. The van der Waals surface area contributed by atoms with Crippen LogP contribution in [0.1, 0.15) is 53.2 Å². The number of rotatable bonds is 4. The van der Waals surface area contributed by atoms with Gasteiger partial charge in [0.25, 0.3) is 5.91 Å². The predicted octanol–water partition coefficient (Wildman–Crippen LogP) is 5.24. The molecule has 2 fully saturated rings. The summed E-state index contributed by atoms with van der Waals surface area (Å²) in [5.41, 5.74) is -1.32. The number of benzene rings is 2. The predicted molar refractivity (Wildman–Crippen MR) is 110 cm³/mol. The summed E-state index contributed by atoms with van der Waals surface area (Å²) in [6, 6.07) is 8.38. The van der Waals surface area contributed by atoms with Crippen LogP contribution in [0.25, 0.3) is 0 Å². The molecular weight excluding hydrogens is 464 g/mol. The van der Waals surface area contributed by atoms with Crippen molar-refractivity contribution in [2.24, 2.45) is 0 Å². The summed E-state index contributed by atoms with van der Waals surface area (Å²) >= 11 is 0. The molecule has 0 aromatic heterocycles. The second kappa shape index (κ2) is 8.57. The molecule has 2 aromatic rings. The Kier molecular flexibility index (Phi) is 6.18. The minimum atomic E-state index is -4.96. The SMILES string of the molecule is Cc1ccccc1[C@H]1C2CC(O)C(=O)N2C[C@@H]1O[C@H](C)c1cc(C(F)(F)F)cc(C(F)(F)F)c1. The minimum absolute atomic E-state index is 0.0784. The van der Waals surface area contributed by atoms with Gasteiger partial charge in [-0.1, -0.05) is 24.3 Å². The third-order valence-corrected chi connectivity index (χ3v) is 6.63. The molecule has 1 amide bonds. The maximum Gasteiger partial charge on any atom is 0.416 e.